The highest BCUT2D eigenvalue weighted by atomic mass is 16.3. The molecular weight excluding hydrogens is 360 g/mol. The van der Waals surface area contributed by atoms with Crippen molar-refractivity contribution < 1.29 is 10.2 Å². The Kier molecular flexibility index (Phi) is 4.42. The normalized spacial score (nSPS) is 45.5. The zero-order chi connectivity index (χ0) is 20.6. The Hall–Kier alpha value is -1.39. The van der Waals surface area contributed by atoms with Gasteiger partial charge in [0.2, 0.25) is 0 Å². The maximum Gasteiger partial charge on any atom is 0.0809 e. The summed E-state index contributed by atoms with van der Waals surface area (Å²) < 4.78 is 1.86. The molecule has 0 radical (unpaired) electrons. The van der Waals surface area contributed by atoms with Crippen LogP contribution in [0.2, 0.25) is 0 Å². The number of aromatic nitrogens is 2. The van der Waals surface area contributed by atoms with Crippen LogP contribution in [0.1, 0.15) is 70.1 Å². The van der Waals surface area contributed by atoms with E-state index < -0.39 is 0 Å². The van der Waals surface area contributed by atoms with Crippen molar-refractivity contribution in [2.24, 2.45) is 35.6 Å². The zero-order valence-corrected chi connectivity index (χ0v) is 18.4. The topological polar surface area (TPSA) is 58.3 Å². The Bertz CT molecular complexity index is 883. The maximum atomic E-state index is 11.4. The molecule has 4 nitrogen and oxygen atoms in total. The lowest BCUT2D eigenvalue weighted by molar-refractivity contribution is -0.0685. The second kappa shape index (κ2) is 6.55. The number of allylic oxidation sites excluding steroid dienone is 1. The van der Waals surface area contributed by atoms with E-state index in [1.165, 1.54) is 17.6 Å². The molecule has 0 spiro atoms. The Labute approximate surface area is 174 Å². The first kappa shape index (κ1) is 19.6. The number of fused-ring (bicyclic) bond motifs is 5. The van der Waals surface area contributed by atoms with Gasteiger partial charge in [0, 0.05) is 24.2 Å². The summed E-state index contributed by atoms with van der Waals surface area (Å²) >= 11 is 0. The monoisotopic (exact) mass is 396 g/mol. The second-order valence-corrected chi connectivity index (χ2v) is 10.9. The van der Waals surface area contributed by atoms with Gasteiger partial charge < -0.3 is 10.2 Å². The third-order valence-corrected chi connectivity index (χ3v) is 9.34. The predicted molar refractivity (Wildman–Crippen MR) is 115 cm³/mol. The summed E-state index contributed by atoms with van der Waals surface area (Å²) in [4.78, 5) is 0. The Balaban J connectivity index is 1.48. The molecule has 4 aliphatic rings. The van der Waals surface area contributed by atoms with Crippen LogP contribution in [0.15, 0.2) is 23.4 Å². The number of aliphatic hydroxyl groups excluding tert-OH is 2. The molecule has 0 amide bonds. The van der Waals surface area contributed by atoms with Gasteiger partial charge in [-0.05, 0) is 86.7 Å². The molecular formula is C25H36N2O2. The number of nitrogens with zero attached hydrogens (tertiary/aromatic N) is 2. The molecule has 4 heteroatoms. The van der Waals surface area contributed by atoms with Crippen LogP contribution < -0.4 is 0 Å². The summed E-state index contributed by atoms with van der Waals surface area (Å²) in [5.74, 6) is 1.88. The molecule has 0 aromatic carbocycles. The van der Waals surface area contributed by atoms with Crippen LogP contribution in [0.5, 0.6) is 0 Å². The van der Waals surface area contributed by atoms with Crippen LogP contribution in [0.3, 0.4) is 0 Å². The van der Waals surface area contributed by atoms with E-state index in [-0.39, 0.29) is 23.0 Å². The fourth-order valence-corrected chi connectivity index (χ4v) is 7.60. The van der Waals surface area contributed by atoms with Gasteiger partial charge in [0.15, 0.2) is 0 Å². The molecule has 7 atom stereocenters. The molecule has 1 aromatic rings. The van der Waals surface area contributed by atoms with E-state index in [2.05, 4.69) is 37.3 Å². The van der Waals surface area contributed by atoms with Crippen molar-refractivity contribution in [3.05, 3.63) is 34.7 Å². The van der Waals surface area contributed by atoms with E-state index in [4.69, 9.17) is 0 Å². The standard InChI is InChI=1S/C25H36N2O2/c1-15-17(14-27(4)26-15)11-16-12-22-20-6-5-18-13-19(28)7-9-24(18,2)21(20)8-10-25(22,3)23(16)29/h5,11,14,19-23,28-29H,6-10,12-13H2,1-4H3/b16-11-. The predicted octanol–water partition coefficient (Wildman–Crippen LogP) is 4.41. The van der Waals surface area contributed by atoms with E-state index in [0.29, 0.717) is 17.8 Å². The maximum absolute atomic E-state index is 11.4. The van der Waals surface area contributed by atoms with E-state index in [1.807, 2.05) is 18.7 Å². The highest BCUT2D eigenvalue weighted by Crippen LogP contribution is 2.65. The van der Waals surface area contributed by atoms with Crippen molar-refractivity contribution in [3.8, 4) is 0 Å². The molecule has 3 fully saturated rings. The van der Waals surface area contributed by atoms with Gasteiger partial charge in [-0.15, -0.1) is 0 Å². The van der Waals surface area contributed by atoms with Crippen LogP contribution in [0.25, 0.3) is 6.08 Å². The van der Waals surface area contributed by atoms with Gasteiger partial charge in [0.1, 0.15) is 0 Å². The van der Waals surface area contributed by atoms with Crippen LogP contribution in [-0.2, 0) is 7.05 Å². The van der Waals surface area contributed by atoms with Gasteiger partial charge in [-0.3, -0.25) is 4.68 Å². The highest BCUT2D eigenvalue weighted by Gasteiger charge is 2.59. The van der Waals surface area contributed by atoms with Crippen LogP contribution in [0, 0.1) is 35.5 Å². The average Bonchev–Trinajstić information content (AvgIpc) is 3.12. The fraction of sp³-hybridized carbons (Fsp3) is 0.720. The zero-order valence-electron chi connectivity index (χ0n) is 18.4. The summed E-state index contributed by atoms with van der Waals surface area (Å²) in [6, 6.07) is 0. The number of hydrogen-bond donors (Lipinski definition) is 2. The molecule has 0 bridgehead atoms. The minimum Gasteiger partial charge on any atom is -0.393 e. The minimum atomic E-state index is -0.348. The SMILES string of the molecule is Cc1nn(C)cc1/C=C1/CC2C3CC=C4CC(O)CCC4(C)C3CCC2(C)C1O. The Morgan fingerprint density at radius 3 is 2.66 bits per heavy atom. The number of hydrogen-bond acceptors (Lipinski definition) is 3. The van der Waals surface area contributed by atoms with Crippen molar-refractivity contribution in [2.45, 2.75) is 77.9 Å². The molecule has 7 unspecified atom stereocenters. The van der Waals surface area contributed by atoms with Gasteiger partial charge in [-0.2, -0.15) is 5.10 Å². The average molecular weight is 397 g/mol. The minimum absolute atomic E-state index is 0.0149. The summed E-state index contributed by atoms with van der Waals surface area (Å²) in [7, 11) is 1.96. The number of aliphatic hydroxyl groups is 2. The summed E-state index contributed by atoms with van der Waals surface area (Å²) in [6.07, 6.45) is 13.6. The van der Waals surface area contributed by atoms with E-state index >= 15 is 0 Å². The molecule has 3 saturated carbocycles. The summed E-state index contributed by atoms with van der Waals surface area (Å²) in [6.45, 7) is 6.84. The molecule has 1 heterocycles. The van der Waals surface area contributed by atoms with Crippen LogP contribution in [0.4, 0.5) is 0 Å². The van der Waals surface area contributed by atoms with Gasteiger partial charge in [0.05, 0.1) is 17.9 Å². The summed E-state index contributed by atoms with van der Waals surface area (Å²) in [5.41, 5.74) is 5.12. The third kappa shape index (κ3) is 2.82. The van der Waals surface area contributed by atoms with E-state index in [0.717, 1.165) is 49.8 Å². The smallest absolute Gasteiger partial charge is 0.0809 e. The Morgan fingerprint density at radius 1 is 1.14 bits per heavy atom. The van der Waals surface area contributed by atoms with Crippen molar-refractivity contribution in [3.63, 3.8) is 0 Å². The molecule has 5 rings (SSSR count). The number of aryl methyl sites for hydroxylation is 2. The lowest BCUT2D eigenvalue weighted by Gasteiger charge is -2.57. The fourth-order valence-electron chi connectivity index (χ4n) is 7.60. The first-order valence-electron chi connectivity index (χ1n) is 11.5. The van der Waals surface area contributed by atoms with Crippen molar-refractivity contribution in [2.75, 3.05) is 0 Å². The highest BCUT2D eigenvalue weighted by molar-refractivity contribution is 5.57. The summed E-state index contributed by atoms with van der Waals surface area (Å²) in [5, 5.41) is 26.0. The van der Waals surface area contributed by atoms with Crippen LogP contribution >= 0.6 is 0 Å². The lowest BCUT2D eigenvalue weighted by Crippen LogP contribution is -2.51. The number of rotatable bonds is 1. The lowest BCUT2D eigenvalue weighted by atomic mass is 9.48. The molecule has 0 saturated heterocycles. The van der Waals surface area contributed by atoms with E-state index in [9.17, 15) is 10.2 Å². The van der Waals surface area contributed by atoms with Gasteiger partial charge >= 0.3 is 0 Å². The molecule has 158 valence electrons. The first-order chi connectivity index (χ1) is 13.7. The molecule has 1 aromatic heterocycles. The van der Waals surface area contributed by atoms with Crippen LogP contribution in [-0.4, -0.2) is 32.2 Å². The molecule has 4 aliphatic carbocycles. The largest absolute Gasteiger partial charge is 0.393 e. The molecule has 29 heavy (non-hydrogen) atoms. The van der Waals surface area contributed by atoms with Gasteiger partial charge in [-0.25, -0.2) is 0 Å². The Morgan fingerprint density at radius 2 is 1.93 bits per heavy atom. The molecule has 2 N–H and O–H groups in total. The van der Waals surface area contributed by atoms with Gasteiger partial charge in [0.25, 0.3) is 0 Å². The van der Waals surface area contributed by atoms with E-state index in [1.54, 1.807) is 0 Å². The van der Waals surface area contributed by atoms with Gasteiger partial charge in [-0.1, -0.05) is 25.5 Å². The van der Waals surface area contributed by atoms with Crippen molar-refractivity contribution in [1.82, 2.24) is 9.78 Å². The van der Waals surface area contributed by atoms with Crippen molar-refractivity contribution >= 4 is 6.08 Å². The second-order valence-electron chi connectivity index (χ2n) is 10.9. The van der Waals surface area contributed by atoms with Crippen molar-refractivity contribution in [1.29, 1.82) is 0 Å². The molecule has 0 aliphatic heterocycles. The quantitative estimate of drug-likeness (QED) is 0.692. The third-order valence-electron chi connectivity index (χ3n) is 9.34. The first-order valence-corrected chi connectivity index (χ1v) is 11.5.